The Hall–Kier alpha value is -1.19. The van der Waals surface area contributed by atoms with Crippen LogP contribution >= 0.6 is 0 Å². The minimum absolute atomic E-state index is 0.0617. The molecule has 0 atom stereocenters. The van der Waals surface area contributed by atoms with E-state index in [0.29, 0.717) is 0 Å². The van der Waals surface area contributed by atoms with E-state index in [-0.39, 0.29) is 36.6 Å². The molecule has 1 aliphatic heterocycles. The number of nitrogens with zero attached hydrogens (tertiary/aromatic N) is 1. The van der Waals surface area contributed by atoms with E-state index in [9.17, 15) is 21.2 Å². The molecule has 1 heterocycles. The summed E-state index contributed by atoms with van der Waals surface area (Å²) in [5.74, 6) is -0.614. The van der Waals surface area contributed by atoms with Crippen molar-refractivity contribution in [2.45, 2.75) is 23.0 Å². The molecule has 124 valence electrons. The van der Waals surface area contributed by atoms with Gasteiger partial charge >= 0.3 is 0 Å². The number of hydrogen-bond donors (Lipinski definition) is 0. The summed E-state index contributed by atoms with van der Waals surface area (Å²) in [7, 11) is -5.80. The molecule has 1 fully saturated rings. The first-order chi connectivity index (χ1) is 10.2. The highest BCUT2D eigenvalue weighted by Crippen LogP contribution is 2.30. The number of benzene rings is 1. The molecule has 6 nitrogen and oxygen atoms in total. The molecule has 0 radical (unpaired) electrons. The van der Waals surface area contributed by atoms with Crippen LogP contribution < -0.4 is 4.74 Å². The summed E-state index contributed by atoms with van der Waals surface area (Å²) in [4.78, 5) is -0.243. The van der Waals surface area contributed by atoms with Gasteiger partial charge < -0.3 is 4.74 Å². The molecular weight excluding hydrogens is 333 g/mol. The summed E-state index contributed by atoms with van der Waals surface area (Å²) in [5, 5.41) is -0.534. The van der Waals surface area contributed by atoms with Crippen molar-refractivity contribution in [2.75, 3.05) is 26.5 Å². The first kappa shape index (κ1) is 17.2. The highest BCUT2D eigenvalue weighted by Gasteiger charge is 2.34. The molecule has 1 aromatic rings. The average Bonchev–Trinajstić information content (AvgIpc) is 2.46. The number of rotatable bonds is 4. The summed E-state index contributed by atoms with van der Waals surface area (Å²) < 4.78 is 67.8. The third-order valence-electron chi connectivity index (χ3n) is 3.75. The topological polar surface area (TPSA) is 80.8 Å². The lowest BCUT2D eigenvalue weighted by molar-refractivity contribution is 0.342. The highest BCUT2D eigenvalue weighted by atomic mass is 32.2. The van der Waals surface area contributed by atoms with Gasteiger partial charge in [0.05, 0.1) is 12.4 Å². The number of piperidine rings is 1. The molecule has 0 amide bonds. The Morgan fingerprint density at radius 3 is 2.27 bits per heavy atom. The number of ether oxygens (including phenoxy) is 1. The second-order valence-electron chi connectivity index (χ2n) is 5.23. The largest absolute Gasteiger partial charge is 0.495 e. The van der Waals surface area contributed by atoms with Crippen LogP contribution in [0, 0.1) is 5.82 Å². The van der Waals surface area contributed by atoms with E-state index in [1.165, 1.54) is 17.5 Å². The molecule has 0 spiro atoms. The van der Waals surface area contributed by atoms with Crippen LogP contribution in [-0.4, -0.2) is 52.8 Å². The van der Waals surface area contributed by atoms with Gasteiger partial charge in [-0.1, -0.05) is 0 Å². The molecule has 0 N–H and O–H groups in total. The summed E-state index contributed by atoms with van der Waals surface area (Å²) in [6.07, 6.45) is 1.61. The minimum Gasteiger partial charge on any atom is -0.495 e. The predicted molar refractivity (Wildman–Crippen MR) is 79.6 cm³/mol. The maximum absolute atomic E-state index is 13.4. The van der Waals surface area contributed by atoms with Crippen LogP contribution in [0.5, 0.6) is 5.75 Å². The maximum atomic E-state index is 13.4. The van der Waals surface area contributed by atoms with E-state index in [4.69, 9.17) is 4.74 Å². The zero-order valence-corrected chi connectivity index (χ0v) is 14.0. The fraction of sp³-hybridized carbons (Fsp3) is 0.538. The van der Waals surface area contributed by atoms with Crippen LogP contribution in [0.4, 0.5) is 4.39 Å². The van der Waals surface area contributed by atoms with Crippen molar-refractivity contribution >= 4 is 19.9 Å². The Morgan fingerprint density at radius 1 is 1.18 bits per heavy atom. The summed E-state index contributed by atoms with van der Waals surface area (Å²) in [5.41, 5.74) is 0. The van der Waals surface area contributed by atoms with E-state index in [1.807, 2.05) is 0 Å². The van der Waals surface area contributed by atoms with Crippen molar-refractivity contribution in [1.82, 2.24) is 4.31 Å². The molecule has 2 rings (SSSR count). The fourth-order valence-electron chi connectivity index (χ4n) is 2.49. The first-order valence-corrected chi connectivity index (χ1v) is 10.1. The Balaban J connectivity index is 2.28. The molecule has 1 aromatic carbocycles. The van der Waals surface area contributed by atoms with Gasteiger partial charge in [0, 0.05) is 19.3 Å². The molecule has 1 saturated heterocycles. The lowest BCUT2D eigenvalue weighted by Gasteiger charge is -2.30. The van der Waals surface area contributed by atoms with Crippen molar-refractivity contribution in [3.63, 3.8) is 0 Å². The third-order valence-corrected chi connectivity index (χ3v) is 7.35. The molecule has 0 saturated carbocycles. The minimum atomic E-state index is -3.92. The van der Waals surface area contributed by atoms with E-state index in [0.717, 1.165) is 18.4 Å². The zero-order valence-electron chi connectivity index (χ0n) is 12.3. The van der Waals surface area contributed by atoms with E-state index in [2.05, 4.69) is 0 Å². The van der Waals surface area contributed by atoms with Crippen LogP contribution in [0.15, 0.2) is 23.1 Å². The number of sulfone groups is 1. The van der Waals surface area contributed by atoms with Gasteiger partial charge in [-0.15, -0.1) is 0 Å². The molecule has 0 unspecified atom stereocenters. The lowest BCUT2D eigenvalue weighted by atomic mass is 10.2. The van der Waals surface area contributed by atoms with Gasteiger partial charge in [0.25, 0.3) is 0 Å². The average molecular weight is 351 g/mol. The number of halogens is 1. The van der Waals surface area contributed by atoms with Crippen LogP contribution in [-0.2, 0) is 19.9 Å². The van der Waals surface area contributed by atoms with Gasteiger partial charge in [-0.3, -0.25) is 0 Å². The Morgan fingerprint density at radius 2 is 1.77 bits per heavy atom. The summed E-state index contributed by atoms with van der Waals surface area (Å²) >= 11 is 0. The Labute approximate surface area is 129 Å². The molecule has 0 aromatic heterocycles. The zero-order chi connectivity index (χ0) is 16.5. The quantitative estimate of drug-likeness (QED) is 0.809. The highest BCUT2D eigenvalue weighted by molar-refractivity contribution is 7.91. The van der Waals surface area contributed by atoms with E-state index >= 15 is 0 Å². The first-order valence-electron chi connectivity index (χ1n) is 6.69. The van der Waals surface area contributed by atoms with E-state index in [1.54, 1.807) is 0 Å². The Bertz CT molecular complexity index is 753. The maximum Gasteiger partial charge on any atom is 0.246 e. The molecule has 1 aliphatic rings. The van der Waals surface area contributed by atoms with Gasteiger partial charge in [-0.2, -0.15) is 4.31 Å². The van der Waals surface area contributed by atoms with Gasteiger partial charge in [0.1, 0.15) is 26.3 Å². The van der Waals surface area contributed by atoms with Gasteiger partial charge in [0.15, 0.2) is 0 Å². The van der Waals surface area contributed by atoms with Gasteiger partial charge in [-0.05, 0) is 31.0 Å². The molecule has 0 aliphatic carbocycles. The van der Waals surface area contributed by atoms with Crippen molar-refractivity contribution in [3.05, 3.63) is 24.0 Å². The molecule has 0 bridgehead atoms. The van der Waals surface area contributed by atoms with Crippen LogP contribution in [0.1, 0.15) is 12.8 Å². The van der Waals surface area contributed by atoms with E-state index < -0.39 is 30.9 Å². The third kappa shape index (κ3) is 3.41. The van der Waals surface area contributed by atoms with Crippen molar-refractivity contribution in [3.8, 4) is 5.75 Å². The summed E-state index contributed by atoms with van der Waals surface area (Å²) in [6.45, 7) is 0.166. The smallest absolute Gasteiger partial charge is 0.246 e. The number of sulfonamides is 1. The van der Waals surface area contributed by atoms with Gasteiger partial charge in [-0.25, -0.2) is 21.2 Å². The summed E-state index contributed by atoms with van der Waals surface area (Å²) in [6, 6.07) is 3.29. The van der Waals surface area contributed by atoms with Crippen molar-refractivity contribution in [1.29, 1.82) is 0 Å². The SMILES string of the molecule is COc1ccc(F)cc1S(=O)(=O)N1CCC(S(C)(=O)=O)CC1. The van der Waals surface area contributed by atoms with Crippen LogP contribution in [0.2, 0.25) is 0 Å². The van der Waals surface area contributed by atoms with Crippen LogP contribution in [0.3, 0.4) is 0 Å². The Kier molecular flexibility index (Phi) is 4.78. The second-order valence-corrected chi connectivity index (χ2v) is 9.46. The predicted octanol–water partition coefficient (Wildman–Crippen LogP) is 1.03. The standard InChI is InChI=1S/C13H18FNO5S2/c1-20-12-4-3-10(14)9-13(12)22(18,19)15-7-5-11(6-8-15)21(2,16)17/h3-4,9,11H,5-8H2,1-2H3. The lowest BCUT2D eigenvalue weighted by Crippen LogP contribution is -2.42. The van der Waals surface area contributed by atoms with Crippen molar-refractivity contribution < 1.29 is 26.0 Å². The normalized spacial score (nSPS) is 18.3. The number of methoxy groups -OCH3 is 1. The molecule has 22 heavy (non-hydrogen) atoms. The van der Waals surface area contributed by atoms with Gasteiger partial charge in [0.2, 0.25) is 10.0 Å². The second kappa shape index (κ2) is 6.13. The fourth-order valence-corrected chi connectivity index (χ4v) is 5.20. The van der Waals surface area contributed by atoms with Crippen LogP contribution in [0.25, 0.3) is 0 Å². The molecular formula is C13H18FNO5S2. The van der Waals surface area contributed by atoms with Crippen molar-refractivity contribution in [2.24, 2.45) is 0 Å². The monoisotopic (exact) mass is 351 g/mol. The number of hydrogen-bond acceptors (Lipinski definition) is 5. The molecule has 9 heteroatoms.